The number of alkyl carbamates (subject to hydrolysis) is 1. The molecule has 1 amide bonds. The Labute approximate surface area is 83.1 Å². The lowest BCUT2D eigenvalue weighted by molar-refractivity contribution is 0.115. The fourth-order valence-corrected chi connectivity index (χ4v) is 0.961. The molecule has 0 saturated heterocycles. The van der Waals surface area contributed by atoms with Crippen molar-refractivity contribution in [2.45, 2.75) is 26.5 Å². The Morgan fingerprint density at radius 1 is 1.64 bits per heavy atom. The van der Waals surface area contributed by atoms with Gasteiger partial charge in [-0.15, -0.1) is 0 Å². The summed E-state index contributed by atoms with van der Waals surface area (Å²) < 4.78 is 6.64. The molecular weight excluding hydrogens is 182 g/mol. The van der Waals surface area contributed by atoms with Gasteiger partial charge in [0.25, 0.3) is 0 Å². The molecule has 1 aromatic rings. The van der Waals surface area contributed by atoms with E-state index in [0.717, 1.165) is 0 Å². The van der Waals surface area contributed by atoms with Gasteiger partial charge in [-0.1, -0.05) is 0 Å². The van der Waals surface area contributed by atoms with Gasteiger partial charge < -0.3 is 10.1 Å². The number of rotatable bonds is 4. The van der Waals surface area contributed by atoms with Crippen LogP contribution in [0.25, 0.3) is 0 Å². The third-order valence-electron chi connectivity index (χ3n) is 1.51. The predicted molar refractivity (Wildman–Crippen MR) is 51.8 cm³/mol. The SMILES string of the molecule is CC(C)OC(=O)NCCn1cccn1. The topological polar surface area (TPSA) is 56.1 Å². The summed E-state index contributed by atoms with van der Waals surface area (Å²) >= 11 is 0. The van der Waals surface area contributed by atoms with Crippen LogP contribution in [0.2, 0.25) is 0 Å². The normalized spacial score (nSPS) is 10.2. The molecule has 0 aromatic carbocycles. The molecule has 0 atom stereocenters. The van der Waals surface area contributed by atoms with E-state index >= 15 is 0 Å². The number of carbonyl (C=O) groups is 1. The highest BCUT2D eigenvalue weighted by atomic mass is 16.6. The Morgan fingerprint density at radius 2 is 2.43 bits per heavy atom. The highest BCUT2D eigenvalue weighted by molar-refractivity contribution is 5.67. The molecule has 0 aliphatic carbocycles. The van der Waals surface area contributed by atoms with Crippen molar-refractivity contribution in [2.75, 3.05) is 6.54 Å². The maximum Gasteiger partial charge on any atom is 0.407 e. The van der Waals surface area contributed by atoms with E-state index in [-0.39, 0.29) is 12.2 Å². The molecule has 1 rings (SSSR count). The van der Waals surface area contributed by atoms with Crippen LogP contribution in [0.3, 0.4) is 0 Å². The third kappa shape index (κ3) is 3.93. The Balaban J connectivity index is 2.12. The standard InChI is InChI=1S/C9H15N3O2/c1-8(2)14-9(13)10-5-7-12-6-3-4-11-12/h3-4,6,8H,5,7H2,1-2H3,(H,10,13). The van der Waals surface area contributed by atoms with Gasteiger partial charge in [0.2, 0.25) is 0 Å². The van der Waals surface area contributed by atoms with Crippen molar-refractivity contribution in [3.8, 4) is 0 Å². The van der Waals surface area contributed by atoms with E-state index < -0.39 is 0 Å². The number of amides is 1. The van der Waals surface area contributed by atoms with Crippen molar-refractivity contribution in [3.63, 3.8) is 0 Å². The molecule has 0 fully saturated rings. The highest BCUT2D eigenvalue weighted by Gasteiger charge is 2.02. The Bertz CT molecular complexity index is 270. The first kappa shape index (κ1) is 10.6. The molecule has 0 spiro atoms. The Hall–Kier alpha value is -1.52. The van der Waals surface area contributed by atoms with Crippen molar-refractivity contribution in [2.24, 2.45) is 0 Å². The third-order valence-corrected chi connectivity index (χ3v) is 1.51. The fourth-order valence-electron chi connectivity index (χ4n) is 0.961. The molecule has 0 radical (unpaired) electrons. The molecule has 5 nitrogen and oxygen atoms in total. The van der Waals surface area contributed by atoms with Gasteiger partial charge in [0.1, 0.15) is 0 Å². The highest BCUT2D eigenvalue weighted by Crippen LogP contribution is 1.88. The zero-order chi connectivity index (χ0) is 10.4. The lowest BCUT2D eigenvalue weighted by Crippen LogP contribution is -2.29. The molecule has 0 saturated carbocycles. The van der Waals surface area contributed by atoms with E-state index in [1.807, 2.05) is 26.1 Å². The fraction of sp³-hybridized carbons (Fsp3) is 0.556. The molecule has 1 aromatic heterocycles. The van der Waals surface area contributed by atoms with E-state index in [1.54, 1.807) is 10.9 Å². The quantitative estimate of drug-likeness (QED) is 0.784. The molecule has 1 N–H and O–H groups in total. The summed E-state index contributed by atoms with van der Waals surface area (Å²) in [7, 11) is 0. The maximum absolute atomic E-state index is 11.0. The van der Waals surface area contributed by atoms with Gasteiger partial charge >= 0.3 is 6.09 Å². The smallest absolute Gasteiger partial charge is 0.407 e. The van der Waals surface area contributed by atoms with Crippen LogP contribution in [-0.2, 0) is 11.3 Å². The van der Waals surface area contributed by atoms with Crippen LogP contribution in [0, 0.1) is 0 Å². The second kappa shape index (κ2) is 5.26. The lowest BCUT2D eigenvalue weighted by atomic mass is 10.5. The molecule has 1 heterocycles. The average molecular weight is 197 g/mol. The first-order valence-corrected chi connectivity index (χ1v) is 4.60. The van der Waals surface area contributed by atoms with E-state index in [1.165, 1.54) is 0 Å². The maximum atomic E-state index is 11.0. The van der Waals surface area contributed by atoms with Gasteiger partial charge in [-0.3, -0.25) is 4.68 Å². The second-order valence-corrected chi connectivity index (χ2v) is 3.15. The van der Waals surface area contributed by atoms with Crippen LogP contribution < -0.4 is 5.32 Å². The van der Waals surface area contributed by atoms with Crippen LogP contribution in [-0.4, -0.2) is 28.5 Å². The average Bonchev–Trinajstić information content (AvgIpc) is 2.55. The van der Waals surface area contributed by atoms with Gasteiger partial charge in [-0.05, 0) is 19.9 Å². The van der Waals surface area contributed by atoms with E-state index in [2.05, 4.69) is 10.4 Å². The summed E-state index contributed by atoms with van der Waals surface area (Å²) in [4.78, 5) is 11.0. The van der Waals surface area contributed by atoms with Gasteiger partial charge in [0.15, 0.2) is 0 Å². The molecule has 14 heavy (non-hydrogen) atoms. The number of ether oxygens (including phenoxy) is 1. The number of carbonyl (C=O) groups excluding carboxylic acids is 1. The summed E-state index contributed by atoms with van der Waals surface area (Å²) in [5.74, 6) is 0. The van der Waals surface area contributed by atoms with E-state index in [4.69, 9.17) is 4.74 Å². The first-order chi connectivity index (χ1) is 6.68. The monoisotopic (exact) mass is 197 g/mol. The van der Waals surface area contributed by atoms with Crippen LogP contribution in [0.4, 0.5) is 4.79 Å². The number of hydrogen-bond donors (Lipinski definition) is 1. The van der Waals surface area contributed by atoms with Gasteiger partial charge in [0.05, 0.1) is 12.6 Å². The Kier molecular flexibility index (Phi) is 3.97. The minimum absolute atomic E-state index is 0.0836. The minimum atomic E-state index is -0.382. The van der Waals surface area contributed by atoms with Crippen LogP contribution in [0.5, 0.6) is 0 Å². The summed E-state index contributed by atoms with van der Waals surface area (Å²) in [6.45, 7) is 4.80. The molecule has 0 unspecified atom stereocenters. The number of nitrogens with one attached hydrogen (secondary N) is 1. The van der Waals surface area contributed by atoms with Crippen molar-refractivity contribution in [3.05, 3.63) is 18.5 Å². The molecule has 5 heteroatoms. The molecule has 0 aliphatic heterocycles. The van der Waals surface area contributed by atoms with Gasteiger partial charge in [-0.2, -0.15) is 5.10 Å². The molecule has 0 aliphatic rings. The summed E-state index contributed by atoms with van der Waals surface area (Å²) in [6, 6.07) is 1.84. The Morgan fingerprint density at radius 3 is 3.00 bits per heavy atom. The summed E-state index contributed by atoms with van der Waals surface area (Å²) in [5.41, 5.74) is 0. The van der Waals surface area contributed by atoms with Crippen molar-refractivity contribution in [1.29, 1.82) is 0 Å². The number of aromatic nitrogens is 2. The molecule has 78 valence electrons. The minimum Gasteiger partial charge on any atom is -0.447 e. The van der Waals surface area contributed by atoms with Crippen molar-refractivity contribution >= 4 is 6.09 Å². The molecular formula is C9H15N3O2. The zero-order valence-electron chi connectivity index (χ0n) is 8.43. The summed E-state index contributed by atoms with van der Waals surface area (Å²) in [6.07, 6.45) is 3.08. The number of nitrogens with zero attached hydrogens (tertiary/aromatic N) is 2. The zero-order valence-corrected chi connectivity index (χ0v) is 8.43. The van der Waals surface area contributed by atoms with Gasteiger partial charge in [-0.25, -0.2) is 4.79 Å². The van der Waals surface area contributed by atoms with Crippen molar-refractivity contribution in [1.82, 2.24) is 15.1 Å². The second-order valence-electron chi connectivity index (χ2n) is 3.15. The largest absolute Gasteiger partial charge is 0.447 e. The van der Waals surface area contributed by atoms with E-state index in [0.29, 0.717) is 13.1 Å². The molecule has 0 bridgehead atoms. The predicted octanol–water partition coefficient (Wildman–Crippen LogP) is 1.02. The van der Waals surface area contributed by atoms with Gasteiger partial charge in [0, 0.05) is 18.9 Å². The van der Waals surface area contributed by atoms with E-state index in [9.17, 15) is 4.79 Å². The van der Waals surface area contributed by atoms with Crippen LogP contribution >= 0.6 is 0 Å². The van der Waals surface area contributed by atoms with Crippen LogP contribution in [0.1, 0.15) is 13.8 Å². The first-order valence-electron chi connectivity index (χ1n) is 4.60. The summed E-state index contributed by atoms with van der Waals surface area (Å²) in [5, 5.41) is 6.63. The van der Waals surface area contributed by atoms with Crippen LogP contribution in [0.15, 0.2) is 18.5 Å². The lowest BCUT2D eigenvalue weighted by Gasteiger charge is -2.09. The van der Waals surface area contributed by atoms with Crippen molar-refractivity contribution < 1.29 is 9.53 Å². The number of hydrogen-bond acceptors (Lipinski definition) is 3.